The maximum atomic E-state index is 6.02. The number of aromatic nitrogens is 4. The monoisotopic (exact) mass is 766 g/mol. The van der Waals surface area contributed by atoms with E-state index in [1.807, 2.05) is 17.9 Å². The molecule has 3 aromatic carbocycles. The van der Waals surface area contributed by atoms with Crippen LogP contribution in [0.15, 0.2) is 77.7 Å². The third-order valence-electron chi connectivity index (χ3n) is 10.3. The van der Waals surface area contributed by atoms with Crippen LogP contribution in [0.25, 0.3) is 22.3 Å². The first-order valence-electron chi connectivity index (χ1n) is 17.9. The highest BCUT2D eigenvalue weighted by atomic mass is 79.9. The molecule has 7 rings (SSSR count). The summed E-state index contributed by atoms with van der Waals surface area (Å²) in [6, 6.07) is 20.0. The standard InChI is InChI=1S/C40H48BrN8OP/c1-27-31(28-12-8-6-9-13-28)14-15-34(38(27)51(4)5)44-39-33(41)25-42-40(46-39)45-35-22-32(29-24-43-47(2)26-29)36(23-37(35)50-3)49-20-16-30(17-21-49)48-18-10-7-11-19-48/h6,8-9,12-15,22-26,30H,7,10-11,16-21H2,1-5H3,(H2,42,44,45,46). The summed E-state index contributed by atoms with van der Waals surface area (Å²) in [5.74, 6) is 1.91. The molecule has 2 fully saturated rings. The highest BCUT2D eigenvalue weighted by molar-refractivity contribution is 9.10. The lowest BCUT2D eigenvalue weighted by Crippen LogP contribution is -2.46. The first kappa shape index (κ1) is 35.4. The Kier molecular flexibility index (Phi) is 10.9. The van der Waals surface area contributed by atoms with Crippen molar-refractivity contribution in [1.82, 2.24) is 24.6 Å². The summed E-state index contributed by atoms with van der Waals surface area (Å²) in [4.78, 5) is 14.9. The normalized spacial score (nSPS) is 15.7. The SMILES string of the molecule is COc1cc(N2CCC(N3CCCCC3)CC2)c(-c2cnn(C)c2)cc1Nc1ncc(Br)c(Nc2ccc(-c3ccccc3)c(C)c2P(C)C)n1. The Morgan fingerprint density at radius 2 is 1.63 bits per heavy atom. The van der Waals surface area contributed by atoms with Crippen LogP contribution in [0.4, 0.5) is 28.8 Å². The summed E-state index contributed by atoms with van der Waals surface area (Å²) in [7, 11) is 3.28. The van der Waals surface area contributed by atoms with E-state index >= 15 is 0 Å². The highest BCUT2D eigenvalue weighted by Gasteiger charge is 2.28. The molecule has 2 aliphatic rings. The summed E-state index contributed by atoms with van der Waals surface area (Å²) in [6.45, 7) is 11.3. The molecule has 2 saturated heterocycles. The van der Waals surface area contributed by atoms with Gasteiger partial charge in [0.15, 0.2) is 0 Å². The van der Waals surface area contributed by atoms with Crippen molar-refractivity contribution in [3.8, 4) is 28.0 Å². The molecule has 5 aromatic rings. The van der Waals surface area contributed by atoms with Gasteiger partial charge < -0.3 is 25.2 Å². The summed E-state index contributed by atoms with van der Waals surface area (Å²) >= 11 is 3.71. The number of nitrogens with zero attached hydrogens (tertiary/aromatic N) is 6. The van der Waals surface area contributed by atoms with Gasteiger partial charge in [-0.1, -0.05) is 50.7 Å². The highest BCUT2D eigenvalue weighted by Crippen LogP contribution is 2.42. The van der Waals surface area contributed by atoms with Crippen molar-refractivity contribution in [3.63, 3.8) is 0 Å². The van der Waals surface area contributed by atoms with Crippen LogP contribution in [0, 0.1) is 6.92 Å². The number of likely N-dealkylation sites (tertiary alicyclic amines) is 1. The van der Waals surface area contributed by atoms with Gasteiger partial charge in [-0.3, -0.25) is 4.68 Å². The molecule has 0 aliphatic carbocycles. The van der Waals surface area contributed by atoms with E-state index < -0.39 is 7.92 Å². The Balaban J connectivity index is 1.17. The first-order valence-corrected chi connectivity index (χ1v) is 20.9. The van der Waals surface area contributed by atoms with Crippen LogP contribution in [0.3, 0.4) is 0 Å². The van der Waals surface area contributed by atoms with Crippen molar-refractivity contribution in [2.75, 3.05) is 62.2 Å². The average molecular weight is 768 g/mol. The van der Waals surface area contributed by atoms with Crippen molar-refractivity contribution < 1.29 is 4.74 Å². The number of hydrogen-bond donors (Lipinski definition) is 2. The first-order chi connectivity index (χ1) is 24.8. The molecular formula is C40H48BrN8OP. The second-order valence-corrected chi connectivity index (χ2v) is 16.9. The fourth-order valence-corrected chi connectivity index (χ4v) is 9.41. The third kappa shape index (κ3) is 7.79. The Hall–Kier alpha value is -3.98. The smallest absolute Gasteiger partial charge is 0.229 e. The fraction of sp³-hybridized carbons (Fsp3) is 0.375. The zero-order chi connectivity index (χ0) is 35.5. The van der Waals surface area contributed by atoms with Crippen molar-refractivity contribution in [2.45, 2.75) is 45.1 Å². The number of hydrogen-bond acceptors (Lipinski definition) is 8. The van der Waals surface area contributed by atoms with Crippen LogP contribution in [-0.2, 0) is 7.05 Å². The number of methoxy groups -OCH3 is 1. The van der Waals surface area contributed by atoms with Crippen LogP contribution < -0.4 is 25.6 Å². The largest absolute Gasteiger partial charge is 0.494 e. The number of ether oxygens (including phenoxy) is 1. The summed E-state index contributed by atoms with van der Waals surface area (Å²) in [5, 5.41) is 13.0. The molecule has 2 aromatic heterocycles. The van der Waals surface area contributed by atoms with Crippen molar-refractivity contribution in [1.29, 1.82) is 0 Å². The second kappa shape index (κ2) is 15.7. The lowest BCUT2D eigenvalue weighted by atomic mass is 9.97. The fourth-order valence-electron chi connectivity index (χ4n) is 7.72. The number of nitrogens with one attached hydrogen (secondary N) is 2. The molecule has 0 saturated carbocycles. The van der Waals surface area contributed by atoms with Crippen LogP contribution >= 0.6 is 23.9 Å². The number of rotatable bonds is 10. The van der Waals surface area contributed by atoms with Crippen LogP contribution in [0.5, 0.6) is 5.75 Å². The van der Waals surface area contributed by atoms with E-state index in [2.05, 4.69) is 127 Å². The van der Waals surface area contributed by atoms with Crippen LogP contribution in [0.1, 0.15) is 37.7 Å². The van der Waals surface area contributed by atoms with Gasteiger partial charge in [0.2, 0.25) is 5.95 Å². The van der Waals surface area contributed by atoms with Gasteiger partial charge in [0.1, 0.15) is 11.6 Å². The number of benzene rings is 3. The third-order valence-corrected chi connectivity index (χ3v) is 12.3. The predicted octanol–water partition coefficient (Wildman–Crippen LogP) is 8.93. The molecule has 0 unspecified atom stereocenters. The van der Waals surface area contributed by atoms with Gasteiger partial charge in [0, 0.05) is 72.4 Å². The van der Waals surface area contributed by atoms with Crippen molar-refractivity contribution in [3.05, 3.63) is 83.2 Å². The number of halogens is 1. The molecule has 0 bridgehead atoms. The molecule has 4 heterocycles. The molecule has 0 spiro atoms. The van der Waals surface area contributed by atoms with Gasteiger partial charge in [-0.25, -0.2) is 4.98 Å². The molecule has 9 nitrogen and oxygen atoms in total. The minimum atomic E-state index is -0.410. The van der Waals surface area contributed by atoms with Gasteiger partial charge >= 0.3 is 0 Å². The Labute approximate surface area is 311 Å². The molecule has 0 amide bonds. The molecule has 0 radical (unpaired) electrons. The predicted molar refractivity (Wildman–Crippen MR) is 217 cm³/mol. The van der Waals surface area contributed by atoms with Crippen molar-refractivity contribution >= 4 is 58.0 Å². The Morgan fingerprint density at radius 1 is 0.863 bits per heavy atom. The molecular weight excluding hydrogens is 719 g/mol. The van der Waals surface area contributed by atoms with Gasteiger partial charge in [0.25, 0.3) is 0 Å². The van der Waals surface area contributed by atoms with E-state index in [-0.39, 0.29) is 0 Å². The Morgan fingerprint density at radius 3 is 2.31 bits per heavy atom. The maximum absolute atomic E-state index is 6.02. The van der Waals surface area contributed by atoms with Gasteiger partial charge in [-0.05, 0) is 104 Å². The van der Waals surface area contributed by atoms with E-state index in [9.17, 15) is 0 Å². The summed E-state index contributed by atoms with van der Waals surface area (Å²) in [5.41, 5.74) is 8.95. The van der Waals surface area contributed by atoms with E-state index in [4.69, 9.17) is 9.72 Å². The molecule has 11 heteroatoms. The van der Waals surface area contributed by atoms with E-state index in [0.29, 0.717) is 17.8 Å². The molecule has 2 N–H and O–H groups in total. The minimum absolute atomic E-state index is 0.410. The Bertz CT molecular complexity index is 1970. The van der Waals surface area contributed by atoms with Gasteiger partial charge in [0.05, 0.1) is 23.5 Å². The van der Waals surface area contributed by atoms with Gasteiger partial charge in [-0.2, -0.15) is 10.1 Å². The zero-order valence-electron chi connectivity index (χ0n) is 30.3. The summed E-state index contributed by atoms with van der Waals surface area (Å²) in [6.07, 6.45) is 12.2. The average Bonchev–Trinajstić information content (AvgIpc) is 3.59. The zero-order valence-corrected chi connectivity index (χ0v) is 32.8. The molecule has 0 atom stereocenters. The van der Waals surface area contributed by atoms with Crippen LogP contribution in [0.2, 0.25) is 0 Å². The lowest BCUT2D eigenvalue weighted by molar-refractivity contribution is 0.141. The number of piperidine rings is 2. The van der Waals surface area contributed by atoms with Gasteiger partial charge in [-0.15, -0.1) is 0 Å². The lowest BCUT2D eigenvalue weighted by Gasteiger charge is -2.41. The maximum Gasteiger partial charge on any atom is 0.229 e. The quantitative estimate of drug-likeness (QED) is 0.137. The van der Waals surface area contributed by atoms with Crippen LogP contribution in [-0.4, -0.2) is 77.3 Å². The molecule has 51 heavy (non-hydrogen) atoms. The van der Waals surface area contributed by atoms with E-state index in [1.54, 1.807) is 13.3 Å². The number of aryl methyl sites for hydroxylation is 1. The van der Waals surface area contributed by atoms with E-state index in [0.717, 1.165) is 45.8 Å². The molecule has 266 valence electrons. The minimum Gasteiger partial charge on any atom is -0.494 e. The van der Waals surface area contributed by atoms with Crippen molar-refractivity contribution in [2.24, 2.45) is 7.05 Å². The topological polar surface area (TPSA) is 83.4 Å². The number of anilines is 5. The molecule has 2 aliphatic heterocycles. The van der Waals surface area contributed by atoms with E-state index in [1.165, 1.54) is 72.9 Å². The summed E-state index contributed by atoms with van der Waals surface area (Å²) < 4.78 is 8.66. The second-order valence-electron chi connectivity index (χ2n) is 13.8.